The first-order valence-electron chi connectivity index (χ1n) is 13.3. The zero-order valence-electron chi connectivity index (χ0n) is 22.3. The molecule has 10 nitrogen and oxygen atoms in total. The number of nitro benzene ring substituents is 1. The molecule has 0 spiro atoms. The van der Waals surface area contributed by atoms with Gasteiger partial charge in [0.2, 0.25) is 5.88 Å². The van der Waals surface area contributed by atoms with Crippen LogP contribution in [-0.4, -0.2) is 43.2 Å². The molecule has 1 unspecified atom stereocenters. The van der Waals surface area contributed by atoms with Gasteiger partial charge in [0.25, 0.3) is 5.69 Å². The Hall–Kier alpha value is -5.16. The molecule has 1 aliphatic rings. The molecule has 2 aromatic heterocycles. The van der Waals surface area contributed by atoms with E-state index in [9.17, 15) is 20.0 Å². The van der Waals surface area contributed by atoms with Gasteiger partial charge < -0.3 is 19.1 Å². The number of pyridine rings is 1. The minimum atomic E-state index is -1.02. The Morgan fingerprint density at radius 1 is 1.07 bits per heavy atom. The van der Waals surface area contributed by atoms with Gasteiger partial charge in [-0.3, -0.25) is 10.1 Å². The van der Waals surface area contributed by atoms with Gasteiger partial charge in [-0.2, -0.15) is 0 Å². The van der Waals surface area contributed by atoms with Gasteiger partial charge in [-0.05, 0) is 66.1 Å². The molecule has 42 heavy (non-hydrogen) atoms. The zero-order chi connectivity index (χ0) is 29.2. The molecule has 1 aliphatic heterocycles. The van der Waals surface area contributed by atoms with E-state index in [-0.39, 0.29) is 24.0 Å². The summed E-state index contributed by atoms with van der Waals surface area (Å²) in [6.07, 6.45) is 1.27. The number of rotatable bonds is 10. The Morgan fingerprint density at radius 2 is 1.86 bits per heavy atom. The summed E-state index contributed by atoms with van der Waals surface area (Å²) in [4.78, 5) is 31.1. The van der Waals surface area contributed by atoms with E-state index in [2.05, 4.69) is 4.98 Å². The van der Waals surface area contributed by atoms with Crippen molar-refractivity contribution in [3.05, 3.63) is 117 Å². The highest BCUT2D eigenvalue weighted by molar-refractivity contribution is 5.92. The first-order valence-corrected chi connectivity index (χ1v) is 13.3. The highest BCUT2D eigenvalue weighted by Crippen LogP contribution is 2.27. The van der Waals surface area contributed by atoms with E-state index < -0.39 is 16.7 Å². The van der Waals surface area contributed by atoms with Gasteiger partial charge in [-0.25, -0.2) is 19.2 Å². The first-order chi connectivity index (χ1) is 20.3. The van der Waals surface area contributed by atoms with Gasteiger partial charge in [0.1, 0.15) is 18.2 Å². The summed E-state index contributed by atoms with van der Waals surface area (Å²) < 4.78 is 28.7. The average Bonchev–Trinajstić information content (AvgIpc) is 3.30. The molecule has 0 aliphatic carbocycles. The van der Waals surface area contributed by atoms with E-state index >= 15 is 4.39 Å². The first kappa shape index (κ1) is 27.0. The molecule has 11 heteroatoms. The lowest BCUT2D eigenvalue weighted by Crippen LogP contribution is -2.31. The molecular formula is C31H25FN4O6. The molecule has 0 radical (unpaired) electrons. The van der Waals surface area contributed by atoms with Gasteiger partial charge in [0, 0.05) is 36.8 Å². The summed E-state index contributed by atoms with van der Waals surface area (Å²) in [6, 6.07) is 20.9. The minimum Gasteiger partial charge on any atom is -0.478 e. The van der Waals surface area contributed by atoms with Crippen molar-refractivity contribution >= 4 is 22.7 Å². The van der Waals surface area contributed by atoms with Crippen LogP contribution in [0, 0.1) is 15.9 Å². The van der Waals surface area contributed by atoms with Crippen LogP contribution in [0.3, 0.4) is 0 Å². The highest BCUT2D eigenvalue weighted by atomic mass is 19.1. The van der Waals surface area contributed by atoms with Crippen LogP contribution < -0.4 is 4.74 Å². The molecule has 1 saturated heterocycles. The molecular weight excluding hydrogens is 543 g/mol. The Bertz CT molecular complexity index is 1800. The number of ether oxygens (including phenoxy) is 2. The molecule has 0 bridgehead atoms. The third-order valence-corrected chi connectivity index (χ3v) is 7.18. The molecule has 6 rings (SSSR count). The fourth-order valence-electron chi connectivity index (χ4n) is 4.85. The van der Waals surface area contributed by atoms with Crippen LogP contribution >= 0.6 is 0 Å². The Morgan fingerprint density at radius 3 is 2.55 bits per heavy atom. The maximum atomic E-state index is 15.4. The van der Waals surface area contributed by atoms with Crippen LogP contribution in [0.25, 0.3) is 22.3 Å². The van der Waals surface area contributed by atoms with Crippen LogP contribution in [-0.2, 0) is 24.3 Å². The van der Waals surface area contributed by atoms with E-state index in [1.807, 2.05) is 10.6 Å². The monoisotopic (exact) mass is 568 g/mol. The fourth-order valence-corrected chi connectivity index (χ4v) is 4.85. The predicted octanol–water partition coefficient (Wildman–Crippen LogP) is 5.80. The smallest absolute Gasteiger partial charge is 0.335 e. The number of hydrogen-bond acceptors (Lipinski definition) is 7. The lowest BCUT2D eigenvalue weighted by molar-refractivity contribution is -0.384. The topological polar surface area (TPSA) is 130 Å². The second-order valence-corrected chi connectivity index (χ2v) is 9.99. The standard InChI is InChI=1S/C31H25FN4O6/c32-25-14-20(15-29-33-27-11-7-21(31(37)38)16-28(27)35(29)17-23-12-13-41-23)6-10-24(25)26-2-1-3-30(34-26)42-18-19-4-8-22(9-5-19)36(39)40/h1-11,14,16,23H,12-13,15,17-18H2,(H,37,38). The van der Waals surface area contributed by atoms with Crippen LogP contribution in [0.2, 0.25) is 0 Å². The van der Waals surface area contributed by atoms with Crippen LogP contribution in [0.5, 0.6) is 5.88 Å². The number of aromatic nitrogens is 3. The van der Waals surface area contributed by atoms with E-state index in [1.54, 1.807) is 48.5 Å². The normalized spacial score (nSPS) is 14.5. The zero-order valence-corrected chi connectivity index (χ0v) is 22.3. The molecule has 1 N–H and O–H groups in total. The van der Waals surface area contributed by atoms with E-state index in [0.29, 0.717) is 59.1 Å². The number of aromatic carboxylic acids is 1. The summed E-state index contributed by atoms with van der Waals surface area (Å²) in [5.74, 6) is -0.485. The number of nitrogens with zero attached hydrogens (tertiary/aromatic N) is 4. The molecule has 0 amide bonds. The van der Waals surface area contributed by atoms with Gasteiger partial charge >= 0.3 is 5.97 Å². The van der Waals surface area contributed by atoms with Crippen molar-refractivity contribution in [1.82, 2.24) is 14.5 Å². The van der Waals surface area contributed by atoms with Gasteiger partial charge in [-0.1, -0.05) is 12.1 Å². The quantitative estimate of drug-likeness (QED) is 0.165. The maximum Gasteiger partial charge on any atom is 0.335 e. The molecule has 5 aromatic rings. The number of hydrogen-bond donors (Lipinski definition) is 1. The van der Waals surface area contributed by atoms with E-state index in [0.717, 1.165) is 12.0 Å². The van der Waals surface area contributed by atoms with Crippen molar-refractivity contribution in [1.29, 1.82) is 0 Å². The molecule has 212 valence electrons. The van der Waals surface area contributed by atoms with Crippen LogP contribution in [0.4, 0.5) is 10.1 Å². The molecule has 0 saturated carbocycles. The van der Waals surface area contributed by atoms with Crippen molar-refractivity contribution in [2.45, 2.75) is 32.1 Å². The SMILES string of the molecule is O=C(O)c1ccc2nc(Cc3ccc(-c4cccc(OCc5ccc([N+](=O)[O-])cc5)n4)c(F)c3)n(CC3CCO3)c2c1. The van der Waals surface area contributed by atoms with E-state index in [4.69, 9.17) is 14.5 Å². The van der Waals surface area contributed by atoms with Crippen LogP contribution in [0.1, 0.15) is 33.7 Å². The lowest BCUT2D eigenvalue weighted by atomic mass is 10.1. The Balaban J connectivity index is 1.21. The second-order valence-electron chi connectivity index (χ2n) is 9.99. The number of carboxylic acid groups (broad SMARTS) is 1. The van der Waals surface area contributed by atoms with Crippen molar-refractivity contribution in [2.24, 2.45) is 0 Å². The number of imidazole rings is 1. The maximum absolute atomic E-state index is 15.4. The molecule has 1 atom stereocenters. The summed E-state index contributed by atoms with van der Waals surface area (Å²) in [7, 11) is 0. The number of halogens is 1. The summed E-state index contributed by atoms with van der Waals surface area (Å²) in [5.41, 5.74) is 3.68. The number of carboxylic acids is 1. The van der Waals surface area contributed by atoms with Crippen molar-refractivity contribution in [2.75, 3.05) is 6.61 Å². The van der Waals surface area contributed by atoms with Gasteiger partial charge in [0.05, 0.1) is 39.9 Å². The van der Waals surface area contributed by atoms with Crippen LogP contribution in [0.15, 0.2) is 78.9 Å². The Kier molecular flexibility index (Phi) is 7.32. The Labute approximate surface area is 239 Å². The second kappa shape index (κ2) is 11.4. The average molecular weight is 569 g/mol. The number of non-ortho nitro benzene ring substituents is 1. The molecule has 3 heterocycles. The number of fused-ring (bicyclic) bond motifs is 1. The van der Waals surface area contributed by atoms with Gasteiger partial charge in [-0.15, -0.1) is 0 Å². The minimum absolute atomic E-state index is 0.00486. The lowest BCUT2D eigenvalue weighted by Gasteiger charge is -2.27. The largest absolute Gasteiger partial charge is 0.478 e. The number of benzene rings is 3. The van der Waals surface area contributed by atoms with Crippen molar-refractivity contribution in [3.8, 4) is 17.1 Å². The summed E-state index contributed by atoms with van der Waals surface area (Å²) >= 11 is 0. The van der Waals surface area contributed by atoms with Crippen molar-refractivity contribution < 1.29 is 28.7 Å². The summed E-state index contributed by atoms with van der Waals surface area (Å²) in [6.45, 7) is 1.37. The number of carbonyl (C=O) groups is 1. The van der Waals surface area contributed by atoms with Gasteiger partial charge in [0.15, 0.2) is 0 Å². The van der Waals surface area contributed by atoms with E-state index in [1.165, 1.54) is 24.3 Å². The third-order valence-electron chi connectivity index (χ3n) is 7.18. The fraction of sp³-hybridized carbons (Fsp3) is 0.194. The molecule has 1 fully saturated rings. The number of nitro groups is 1. The predicted molar refractivity (Wildman–Crippen MR) is 151 cm³/mol. The molecule has 3 aromatic carbocycles. The van der Waals surface area contributed by atoms with Crippen molar-refractivity contribution in [3.63, 3.8) is 0 Å². The third kappa shape index (κ3) is 5.68. The highest BCUT2D eigenvalue weighted by Gasteiger charge is 2.23. The summed E-state index contributed by atoms with van der Waals surface area (Å²) in [5, 5.41) is 20.3.